The number of phenolic OH excluding ortho intramolecular Hbond substituents is 1. The quantitative estimate of drug-likeness (QED) is 0.860. The Morgan fingerprint density at radius 2 is 2.06 bits per heavy atom. The summed E-state index contributed by atoms with van der Waals surface area (Å²) in [6.45, 7) is 7.56. The van der Waals surface area contributed by atoms with Gasteiger partial charge in [0.1, 0.15) is 5.75 Å². The number of hydrogen-bond acceptors (Lipinski definition) is 2. The van der Waals surface area contributed by atoms with Crippen molar-refractivity contribution in [2.45, 2.75) is 33.2 Å². The van der Waals surface area contributed by atoms with Crippen LogP contribution in [0.1, 0.15) is 32.3 Å². The van der Waals surface area contributed by atoms with Crippen molar-refractivity contribution in [2.24, 2.45) is 0 Å². The Balaban J connectivity index is 2.59. The first-order valence-electron chi connectivity index (χ1n) is 5.87. The van der Waals surface area contributed by atoms with Crippen molar-refractivity contribution in [2.75, 3.05) is 13.1 Å². The lowest BCUT2D eigenvalue weighted by molar-refractivity contribution is 0.275. The number of aromatic hydroxyl groups is 1. The largest absolute Gasteiger partial charge is 0.507 e. The highest BCUT2D eigenvalue weighted by molar-refractivity contribution is 9.10. The van der Waals surface area contributed by atoms with E-state index in [1.165, 1.54) is 18.4 Å². The summed E-state index contributed by atoms with van der Waals surface area (Å²) in [6, 6.07) is 5.71. The SMILES string of the molecule is CCCCN(CC)Cc1ccc(O)c(Br)c1. The van der Waals surface area contributed by atoms with Crippen LogP contribution >= 0.6 is 15.9 Å². The lowest BCUT2D eigenvalue weighted by Gasteiger charge is -2.20. The van der Waals surface area contributed by atoms with Gasteiger partial charge in [-0.3, -0.25) is 4.90 Å². The van der Waals surface area contributed by atoms with Gasteiger partial charge in [0, 0.05) is 6.54 Å². The highest BCUT2D eigenvalue weighted by Crippen LogP contribution is 2.24. The van der Waals surface area contributed by atoms with Crippen LogP contribution in [0, 0.1) is 0 Å². The zero-order valence-corrected chi connectivity index (χ0v) is 11.6. The second kappa shape index (κ2) is 6.92. The van der Waals surface area contributed by atoms with Crippen LogP contribution in [0.5, 0.6) is 5.75 Å². The Morgan fingerprint density at radius 1 is 1.31 bits per heavy atom. The summed E-state index contributed by atoms with van der Waals surface area (Å²) in [5.74, 6) is 0.306. The number of benzene rings is 1. The van der Waals surface area contributed by atoms with Gasteiger partial charge < -0.3 is 5.11 Å². The third-order valence-corrected chi connectivity index (χ3v) is 3.33. The third kappa shape index (κ3) is 4.14. The molecule has 0 bridgehead atoms. The van der Waals surface area contributed by atoms with Gasteiger partial charge in [0.2, 0.25) is 0 Å². The molecule has 0 heterocycles. The van der Waals surface area contributed by atoms with Gasteiger partial charge in [-0.25, -0.2) is 0 Å². The highest BCUT2D eigenvalue weighted by Gasteiger charge is 2.05. The maximum atomic E-state index is 9.42. The minimum absolute atomic E-state index is 0.306. The van der Waals surface area contributed by atoms with E-state index in [-0.39, 0.29) is 0 Å². The predicted molar refractivity (Wildman–Crippen MR) is 71.7 cm³/mol. The molecule has 2 nitrogen and oxygen atoms in total. The van der Waals surface area contributed by atoms with E-state index in [0.717, 1.165) is 24.1 Å². The maximum Gasteiger partial charge on any atom is 0.129 e. The molecular weight excluding hydrogens is 266 g/mol. The van der Waals surface area contributed by atoms with Gasteiger partial charge in [-0.15, -0.1) is 0 Å². The molecule has 0 atom stereocenters. The number of halogens is 1. The Kier molecular flexibility index (Phi) is 5.85. The molecule has 1 rings (SSSR count). The van der Waals surface area contributed by atoms with Gasteiger partial charge in [-0.2, -0.15) is 0 Å². The average Bonchev–Trinajstić information content (AvgIpc) is 2.29. The van der Waals surface area contributed by atoms with Crippen molar-refractivity contribution in [1.82, 2.24) is 4.90 Å². The van der Waals surface area contributed by atoms with Crippen molar-refractivity contribution < 1.29 is 5.11 Å². The topological polar surface area (TPSA) is 23.5 Å². The van der Waals surface area contributed by atoms with E-state index in [2.05, 4.69) is 34.7 Å². The Bertz CT molecular complexity index is 328. The zero-order chi connectivity index (χ0) is 12.0. The van der Waals surface area contributed by atoms with Crippen molar-refractivity contribution in [3.05, 3.63) is 28.2 Å². The van der Waals surface area contributed by atoms with Crippen LogP contribution in [-0.4, -0.2) is 23.1 Å². The summed E-state index contributed by atoms with van der Waals surface area (Å²) in [7, 11) is 0. The summed E-state index contributed by atoms with van der Waals surface area (Å²) in [5.41, 5.74) is 1.24. The molecule has 1 N–H and O–H groups in total. The van der Waals surface area contributed by atoms with Crippen LogP contribution in [-0.2, 0) is 6.54 Å². The molecule has 0 amide bonds. The minimum Gasteiger partial charge on any atom is -0.507 e. The lowest BCUT2D eigenvalue weighted by atomic mass is 10.2. The van der Waals surface area contributed by atoms with E-state index in [9.17, 15) is 5.11 Å². The van der Waals surface area contributed by atoms with Gasteiger partial charge >= 0.3 is 0 Å². The van der Waals surface area contributed by atoms with E-state index < -0.39 is 0 Å². The van der Waals surface area contributed by atoms with Crippen molar-refractivity contribution in [3.8, 4) is 5.75 Å². The molecule has 90 valence electrons. The van der Waals surface area contributed by atoms with Crippen LogP contribution in [0.2, 0.25) is 0 Å². The summed E-state index contributed by atoms with van der Waals surface area (Å²) >= 11 is 3.34. The van der Waals surface area contributed by atoms with Crippen molar-refractivity contribution >= 4 is 15.9 Å². The number of phenols is 1. The number of unbranched alkanes of at least 4 members (excludes halogenated alkanes) is 1. The van der Waals surface area contributed by atoms with Gasteiger partial charge in [0.05, 0.1) is 4.47 Å². The van der Waals surface area contributed by atoms with Crippen LogP contribution in [0.3, 0.4) is 0 Å². The molecule has 3 heteroatoms. The average molecular weight is 286 g/mol. The normalized spacial score (nSPS) is 11.0. The second-order valence-corrected chi connectivity index (χ2v) is 4.86. The van der Waals surface area contributed by atoms with E-state index in [4.69, 9.17) is 0 Å². The highest BCUT2D eigenvalue weighted by atomic mass is 79.9. The summed E-state index contributed by atoms with van der Waals surface area (Å²) in [6.07, 6.45) is 2.48. The molecule has 0 aliphatic carbocycles. The molecule has 0 fully saturated rings. The van der Waals surface area contributed by atoms with Gasteiger partial charge in [-0.1, -0.05) is 26.3 Å². The zero-order valence-electron chi connectivity index (χ0n) is 10.0. The molecule has 1 aromatic rings. The van der Waals surface area contributed by atoms with Crippen LogP contribution in [0.15, 0.2) is 22.7 Å². The first-order valence-corrected chi connectivity index (χ1v) is 6.66. The Morgan fingerprint density at radius 3 is 2.62 bits per heavy atom. The van der Waals surface area contributed by atoms with Gasteiger partial charge in [0.25, 0.3) is 0 Å². The number of rotatable bonds is 6. The number of nitrogens with zero attached hydrogens (tertiary/aromatic N) is 1. The molecule has 0 aliphatic heterocycles. The standard InChI is InChI=1S/C13H20BrNO/c1-3-5-8-15(4-2)10-11-6-7-13(16)12(14)9-11/h6-7,9,16H,3-5,8,10H2,1-2H3. The first-order chi connectivity index (χ1) is 7.67. The van der Waals surface area contributed by atoms with Crippen molar-refractivity contribution in [3.63, 3.8) is 0 Å². The molecule has 0 aromatic heterocycles. The van der Waals surface area contributed by atoms with Crippen LogP contribution < -0.4 is 0 Å². The molecule has 0 saturated heterocycles. The number of hydrogen-bond donors (Lipinski definition) is 1. The van der Waals surface area contributed by atoms with E-state index in [1.807, 2.05) is 12.1 Å². The molecule has 0 radical (unpaired) electrons. The Labute approximate surface area is 106 Å². The van der Waals surface area contributed by atoms with Crippen molar-refractivity contribution in [1.29, 1.82) is 0 Å². The van der Waals surface area contributed by atoms with Crippen LogP contribution in [0.25, 0.3) is 0 Å². The smallest absolute Gasteiger partial charge is 0.129 e. The van der Waals surface area contributed by atoms with Crippen LogP contribution in [0.4, 0.5) is 0 Å². The molecule has 0 aliphatic rings. The molecule has 16 heavy (non-hydrogen) atoms. The van der Waals surface area contributed by atoms with E-state index >= 15 is 0 Å². The van der Waals surface area contributed by atoms with E-state index in [0.29, 0.717) is 5.75 Å². The molecular formula is C13H20BrNO. The third-order valence-electron chi connectivity index (χ3n) is 2.69. The monoisotopic (exact) mass is 285 g/mol. The summed E-state index contributed by atoms with van der Waals surface area (Å²) in [5, 5.41) is 9.42. The molecule has 1 aromatic carbocycles. The molecule has 0 unspecified atom stereocenters. The summed E-state index contributed by atoms with van der Waals surface area (Å²) in [4.78, 5) is 2.42. The van der Waals surface area contributed by atoms with Gasteiger partial charge in [0.15, 0.2) is 0 Å². The predicted octanol–water partition coefficient (Wildman–Crippen LogP) is 3.78. The van der Waals surface area contributed by atoms with E-state index in [1.54, 1.807) is 6.07 Å². The molecule has 0 saturated carbocycles. The Hall–Kier alpha value is -0.540. The fraction of sp³-hybridized carbons (Fsp3) is 0.538. The fourth-order valence-corrected chi connectivity index (χ4v) is 2.06. The minimum atomic E-state index is 0.306. The maximum absolute atomic E-state index is 9.42. The summed E-state index contributed by atoms with van der Waals surface area (Å²) < 4.78 is 0.775. The second-order valence-electron chi connectivity index (χ2n) is 4.01. The molecule has 0 spiro atoms. The van der Waals surface area contributed by atoms with Gasteiger partial charge in [-0.05, 0) is 53.1 Å². The lowest BCUT2D eigenvalue weighted by Crippen LogP contribution is -2.23. The fourth-order valence-electron chi connectivity index (χ4n) is 1.64. The first kappa shape index (κ1) is 13.5.